The van der Waals surface area contributed by atoms with Crippen LogP contribution in [0.15, 0.2) is 42.5 Å². The average molecular weight is 463 g/mol. The number of carbonyl (C=O) groups is 4. The highest BCUT2D eigenvalue weighted by Crippen LogP contribution is 2.34. The van der Waals surface area contributed by atoms with Gasteiger partial charge in [0, 0.05) is 43.6 Å². The molecule has 5 amide bonds. The van der Waals surface area contributed by atoms with Crippen molar-refractivity contribution >= 4 is 35.1 Å². The quantitative estimate of drug-likeness (QED) is 0.688. The molecule has 0 radical (unpaired) electrons. The first-order valence-electron chi connectivity index (χ1n) is 11.3. The zero-order chi connectivity index (χ0) is 24.0. The van der Waals surface area contributed by atoms with Crippen LogP contribution in [-0.4, -0.2) is 54.4 Å². The summed E-state index contributed by atoms with van der Waals surface area (Å²) < 4.78 is 5.16. The van der Waals surface area contributed by atoms with Crippen LogP contribution in [0.2, 0.25) is 0 Å². The van der Waals surface area contributed by atoms with Crippen LogP contribution in [0.3, 0.4) is 0 Å². The SMILES string of the molecule is COCc1ccc(N2C(=O)N(c3ccc4c(c3)CN(C3CCC(=O)NC3=O)C4=O)C[C@H]2C)cc1. The van der Waals surface area contributed by atoms with E-state index in [9.17, 15) is 19.2 Å². The van der Waals surface area contributed by atoms with E-state index in [4.69, 9.17) is 4.74 Å². The number of piperidine rings is 1. The Morgan fingerprint density at radius 3 is 2.47 bits per heavy atom. The van der Waals surface area contributed by atoms with Gasteiger partial charge in [-0.3, -0.25) is 29.5 Å². The minimum Gasteiger partial charge on any atom is -0.380 e. The number of hydrogen-bond donors (Lipinski definition) is 1. The zero-order valence-corrected chi connectivity index (χ0v) is 19.1. The molecule has 0 aromatic heterocycles. The van der Waals surface area contributed by atoms with Crippen LogP contribution in [0.25, 0.3) is 0 Å². The highest BCUT2D eigenvalue weighted by atomic mass is 16.5. The molecular weight excluding hydrogens is 436 g/mol. The second-order valence-electron chi connectivity index (χ2n) is 8.95. The minimum absolute atomic E-state index is 0.0318. The van der Waals surface area contributed by atoms with Crippen LogP contribution in [0.1, 0.15) is 41.3 Å². The third-order valence-electron chi connectivity index (χ3n) is 6.67. The van der Waals surface area contributed by atoms with Gasteiger partial charge in [0.1, 0.15) is 6.04 Å². The number of ether oxygens (including phenoxy) is 1. The summed E-state index contributed by atoms with van der Waals surface area (Å²) in [6.45, 7) is 3.31. The number of nitrogens with zero attached hydrogens (tertiary/aromatic N) is 3. The summed E-state index contributed by atoms with van der Waals surface area (Å²) in [4.78, 5) is 55.0. The Morgan fingerprint density at radius 1 is 1.03 bits per heavy atom. The van der Waals surface area contributed by atoms with Crippen molar-refractivity contribution in [2.24, 2.45) is 0 Å². The number of rotatable bonds is 5. The number of imide groups is 1. The van der Waals surface area contributed by atoms with Crippen molar-refractivity contribution in [3.8, 4) is 0 Å². The molecular formula is C25H26N4O5. The third-order valence-corrected chi connectivity index (χ3v) is 6.67. The lowest BCUT2D eigenvalue weighted by molar-refractivity contribution is -0.136. The molecule has 5 rings (SSSR count). The molecule has 9 nitrogen and oxygen atoms in total. The standard InChI is InChI=1S/C25H26N4O5/c1-15-12-27(25(33)29(15)18-5-3-16(4-6-18)14-34-2)19-7-8-20-17(11-19)13-28(24(20)32)21-9-10-22(30)26-23(21)31/h3-8,11,15,21H,9-10,12-14H2,1-2H3,(H,26,30,31)/t15-,21?/m1/s1. The Morgan fingerprint density at radius 2 is 1.76 bits per heavy atom. The monoisotopic (exact) mass is 462 g/mol. The largest absolute Gasteiger partial charge is 0.380 e. The lowest BCUT2D eigenvalue weighted by atomic mass is 10.0. The lowest BCUT2D eigenvalue weighted by Gasteiger charge is -2.29. The van der Waals surface area contributed by atoms with Crippen molar-refractivity contribution in [3.05, 3.63) is 59.2 Å². The van der Waals surface area contributed by atoms with Gasteiger partial charge >= 0.3 is 6.03 Å². The summed E-state index contributed by atoms with van der Waals surface area (Å²) in [6.07, 6.45) is 0.530. The topological polar surface area (TPSA) is 99.3 Å². The zero-order valence-electron chi connectivity index (χ0n) is 19.1. The van der Waals surface area contributed by atoms with Crippen LogP contribution in [-0.2, 0) is 27.5 Å². The fraction of sp³-hybridized carbons (Fsp3) is 0.360. The number of benzene rings is 2. The van der Waals surface area contributed by atoms with E-state index in [2.05, 4.69) is 5.32 Å². The number of methoxy groups -OCH3 is 1. The van der Waals surface area contributed by atoms with Crippen molar-refractivity contribution in [2.75, 3.05) is 23.5 Å². The molecule has 34 heavy (non-hydrogen) atoms. The first-order chi connectivity index (χ1) is 16.4. The average Bonchev–Trinajstić information content (AvgIpc) is 3.30. The number of hydrogen-bond acceptors (Lipinski definition) is 5. The van der Waals surface area contributed by atoms with Gasteiger partial charge < -0.3 is 9.64 Å². The molecule has 1 N–H and O–H groups in total. The van der Waals surface area contributed by atoms with Gasteiger partial charge in [-0.05, 0) is 54.8 Å². The van der Waals surface area contributed by atoms with E-state index >= 15 is 0 Å². The molecule has 1 unspecified atom stereocenters. The fourth-order valence-corrected chi connectivity index (χ4v) is 4.97. The highest BCUT2D eigenvalue weighted by Gasteiger charge is 2.41. The van der Waals surface area contributed by atoms with E-state index in [-0.39, 0.29) is 36.9 Å². The van der Waals surface area contributed by atoms with Gasteiger partial charge in [-0.2, -0.15) is 0 Å². The molecule has 0 bridgehead atoms. The highest BCUT2D eigenvalue weighted by molar-refractivity contribution is 6.08. The summed E-state index contributed by atoms with van der Waals surface area (Å²) in [5.74, 6) is -0.976. The van der Waals surface area contributed by atoms with Crippen molar-refractivity contribution in [1.29, 1.82) is 0 Å². The van der Waals surface area contributed by atoms with Crippen LogP contribution in [0.5, 0.6) is 0 Å². The Balaban J connectivity index is 1.35. The predicted molar refractivity (Wildman–Crippen MR) is 124 cm³/mol. The molecule has 9 heteroatoms. The molecule has 2 saturated heterocycles. The van der Waals surface area contributed by atoms with E-state index in [0.29, 0.717) is 30.8 Å². The molecule has 0 spiro atoms. The summed E-state index contributed by atoms with van der Waals surface area (Å²) in [5, 5.41) is 2.31. The summed E-state index contributed by atoms with van der Waals surface area (Å²) in [7, 11) is 1.64. The molecule has 176 valence electrons. The fourth-order valence-electron chi connectivity index (χ4n) is 4.97. The number of amides is 5. The van der Waals surface area contributed by atoms with Gasteiger partial charge in [0.05, 0.1) is 12.6 Å². The van der Waals surface area contributed by atoms with E-state index in [1.54, 1.807) is 29.0 Å². The maximum absolute atomic E-state index is 13.3. The first kappa shape index (κ1) is 22.1. The first-order valence-corrected chi connectivity index (χ1v) is 11.3. The summed E-state index contributed by atoms with van der Waals surface area (Å²) >= 11 is 0. The molecule has 3 aliphatic heterocycles. The molecule has 2 atom stereocenters. The summed E-state index contributed by atoms with van der Waals surface area (Å²) in [6, 6.07) is 12.3. The van der Waals surface area contributed by atoms with Crippen LogP contribution in [0, 0.1) is 0 Å². The van der Waals surface area contributed by atoms with Crippen LogP contribution >= 0.6 is 0 Å². The maximum atomic E-state index is 13.3. The molecule has 0 aliphatic carbocycles. The number of fused-ring (bicyclic) bond motifs is 1. The predicted octanol–water partition coefficient (Wildman–Crippen LogP) is 2.43. The van der Waals surface area contributed by atoms with Gasteiger partial charge in [-0.15, -0.1) is 0 Å². The molecule has 0 saturated carbocycles. The molecule has 2 aromatic carbocycles. The van der Waals surface area contributed by atoms with Crippen molar-refractivity contribution in [2.45, 2.75) is 45.0 Å². The van der Waals surface area contributed by atoms with E-state index < -0.39 is 11.9 Å². The van der Waals surface area contributed by atoms with Crippen molar-refractivity contribution < 1.29 is 23.9 Å². The van der Waals surface area contributed by atoms with Crippen LogP contribution < -0.4 is 15.1 Å². The maximum Gasteiger partial charge on any atom is 0.329 e. The van der Waals surface area contributed by atoms with E-state index in [1.807, 2.05) is 37.3 Å². The lowest BCUT2D eigenvalue weighted by Crippen LogP contribution is -2.52. The molecule has 3 heterocycles. The number of carbonyl (C=O) groups excluding carboxylic acids is 4. The van der Waals surface area contributed by atoms with Gasteiger partial charge in [-0.1, -0.05) is 12.1 Å². The Hall–Kier alpha value is -3.72. The van der Waals surface area contributed by atoms with E-state index in [0.717, 1.165) is 16.8 Å². The van der Waals surface area contributed by atoms with Gasteiger partial charge in [0.2, 0.25) is 11.8 Å². The minimum atomic E-state index is -0.661. The third kappa shape index (κ3) is 3.71. The molecule has 3 aliphatic rings. The Bertz CT molecular complexity index is 1180. The molecule has 2 aromatic rings. The molecule has 2 fully saturated rings. The normalized spacial score (nSPS) is 22.5. The van der Waals surface area contributed by atoms with Crippen molar-refractivity contribution in [1.82, 2.24) is 10.2 Å². The Kier molecular flexibility index (Phi) is 5.57. The number of urea groups is 1. The van der Waals surface area contributed by atoms with Crippen LogP contribution in [0.4, 0.5) is 16.2 Å². The second-order valence-corrected chi connectivity index (χ2v) is 8.95. The van der Waals surface area contributed by atoms with Gasteiger partial charge in [0.25, 0.3) is 5.91 Å². The second kappa shape index (κ2) is 8.57. The Labute approximate surface area is 197 Å². The smallest absolute Gasteiger partial charge is 0.329 e. The summed E-state index contributed by atoms with van der Waals surface area (Å²) in [5.41, 5.74) is 3.87. The van der Waals surface area contributed by atoms with Gasteiger partial charge in [-0.25, -0.2) is 4.79 Å². The number of nitrogens with one attached hydrogen (secondary N) is 1. The van der Waals surface area contributed by atoms with Crippen molar-refractivity contribution in [3.63, 3.8) is 0 Å². The van der Waals surface area contributed by atoms with Gasteiger partial charge in [0.15, 0.2) is 0 Å². The number of anilines is 2. The van der Waals surface area contributed by atoms with E-state index in [1.165, 1.54) is 4.90 Å².